The third-order valence-electron chi connectivity index (χ3n) is 6.93. The summed E-state index contributed by atoms with van der Waals surface area (Å²) < 4.78 is 29.8. The first kappa shape index (κ1) is 28.1. The number of nitrogens with one attached hydrogen (secondary N) is 1. The molecule has 0 unspecified atom stereocenters. The lowest BCUT2D eigenvalue weighted by Crippen LogP contribution is -2.44. The number of aryl methyl sites for hydroxylation is 1. The molecule has 8 nitrogen and oxygen atoms in total. The van der Waals surface area contributed by atoms with Gasteiger partial charge in [-0.15, -0.1) is 11.3 Å². The van der Waals surface area contributed by atoms with Gasteiger partial charge in [-0.1, -0.05) is 38.0 Å². The molecular formula is C28H37N5O3S2. The molecule has 3 aromatic rings. The summed E-state index contributed by atoms with van der Waals surface area (Å²) in [7, 11) is -0.0217. The van der Waals surface area contributed by atoms with Crippen molar-refractivity contribution >= 4 is 43.8 Å². The minimum Gasteiger partial charge on any atom is -0.367 e. The van der Waals surface area contributed by atoms with Gasteiger partial charge >= 0.3 is 0 Å². The Bertz CT molecular complexity index is 1350. The van der Waals surface area contributed by atoms with E-state index < -0.39 is 10.0 Å². The number of anilines is 3. The maximum atomic E-state index is 13.5. The fraction of sp³-hybridized carbons (Fsp3) is 0.429. The second-order valence-corrected chi connectivity index (χ2v) is 12.3. The molecule has 0 aliphatic carbocycles. The number of hydrogen-bond donors (Lipinski definition) is 1. The Kier molecular flexibility index (Phi) is 9.07. The second kappa shape index (κ2) is 12.3. The van der Waals surface area contributed by atoms with Crippen molar-refractivity contribution in [1.29, 1.82) is 0 Å². The number of carbonyl (C=O) groups excluding carboxylic acids is 1. The summed E-state index contributed by atoms with van der Waals surface area (Å²) in [5.74, 6) is -0.0962. The molecule has 1 aliphatic rings. The van der Waals surface area contributed by atoms with Gasteiger partial charge in [0.25, 0.3) is 10.0 Å². The minimum absolute atomic E-state index is 0.0962. The first-order valence-corrected chi connectivity index (χ1v) is 15.4. The van der Waals surface area contributed by atoms with Gasteiger partial charge in [-0.25, -0.2) is 13.4 Å². The smallest absolute Gasteiger partial charge is 0.261 e. The van der Waals surface area contributed by atoms with E-state index in [2.05, 4.69) is 33.5 Å². The van der Waals surface area contributed by atoms with Crippen LogP contribution in [0.2, 0.25) is 0 Å². The molecule has 0 saturated carbocycles. The molecule has 0 radical (unpaired) electrons. The van der Waals surface area contributed by atoms with Crippen molar-refractivity contribution in [3.8, 4) is 11.3 Å². The van der Waals surface area contributed by atoms with Gasteiger partial charge in [0, 0.05) is 51.1 Å². The zero-order chi connectivity index (χ0) is 27.3. The molecular weight excluding hydrogens is 518 g/mol. The average Bonchev–Trinajstić information content (AvgIpc) is 3.39. The van der Waals surface area contributed by atoms with Crippen LogP contribution in [0.15, 0.2) is 52.7 Å². The van der Waals surface area contributed by atoms with Crippen molar-refractivity contribution in [2.24, 2.45) is 0 Å². The van der Waals surface area contributed by atoms with Crippen molar-refractivity contribution in [2.45, 2.75) is 44.4 Å². The van der Waals surface area contributed by atoms with E-state index >= 15 is 0 Å². The molecule has 1 saturated heterocycles. The summed E-state index contributed by atoms with van der Waals surface area (Å²) in [6, 6.07) is 13.0. The highest BCUT2D eigenvalue weighted by atomic mass is 32.2. The molecule has 1 aliphatic heterocycles. The van der Waals surface area contributed by atoms with Crippen molar-refractivity contribution in [2.75, 3.05) is 54.8 Å². The highest BCUT2D eigenvalue weighted by Gasteiger charge is 2.22. The molecule has 38 heavy (non-hydrogen) atoms. The number of piperazine rings is 1. The van der Waals surface area contributed by atoms with E-state index in [9.17, 15) is 13.2 Å². The molecule has 1 amide bonds. The zero-order valence-corrected chi connectivity index (χ0v) is 24.2. The Balaban J connectivity index is 1.64. The largest absolute Gasteiger partial charge is 0.367 e. The fourth-order valence-corrected chi connectivity index (χ4v) is 6.31. The van der Waals surface area contributed by atoms with Crippen LogP contribution in [-0.4, -0.2) is 64.5 Å². The van der Waals surface area contributed by atoms with Gasteiger partial charge in [0.2, 0.25) is 5.91 Å². The van der Waals surface area contributed by atoms with Crippen LogP contribution in [0, 0.1) is 0 Å². The number of hydrogen-bond acceptors (Lipinski definition) is 7. The Labute approximate surface area is 230 Å². The zero-order valence-electron chi connectivity index (χ0n) is 22.6. The number of aromatic nitrogens is 1. The van der Waals surface area contributed by atoms with Crippen LogP contribution in [0.3, 0.4) is 0 Å². The molecule has 2 heterocycles. The fourth-order valence-electron chi connectivity index (χ4n) is 4.40. The Morgan fingerprint density at radius 1 is 1.08 bits per heavy atom. The Hall–Kier alpha value is -2.95. The van der Waals surface area contributed by atoms with E-state index in [1.54, 1.807) is 19.2 Å². The molecule has 4 rings (SSSR count). The molecule has 0 atom stereocenters. The van der Waals surface area contributed by atoms with Crippen LogP contribution < -0.4 is 14.5 Å². The molecule has 1 fully saturated rings. The van der Waals surface area contributed by atoms with E-state index in [1.165, 1.54) is 29.6 Å². The quantitative estimate of drug-likeness (QED) is 0.351. The molecule has 0 spiro atoms. The SMILES string of the molecule is CCCCCc1ccc(S(=O)(=O)Nc2cc(-c3csc(N(C)C(C)=O)n3)ccc2N2CCN(C)CC2)cc1. The summed E-state index contributed by atoms with van der Waals surface area (Å²) in [5, 5.41) is 2.48. The highest BCUT2D eigenvalue weighted by molar-refractivity contribution is 7.92. The van der Waals surface area contributed by atoms with Crippen LogP contribution in [0.25, 0.3) is 11.3 Å². The van der Waals surface area contributed by atoms with E-state index in [0.29, 0.717) is 16.5 Å². The molecule has 1 aromatic heterocycles. The number of carbonyl (C=O) groups is 1. The number of unbranched alkanes of at least 4 members (excludes halogenated alkanes) is 2. The van der Waals surface area contributed by atoms with E-state index in [-0.39, 0.29) is 10.8 Å². The van der Waals surface area contributed by atoms with Gasteiger partial charge in [0.1, 0.15) is 0 Å². The first-order chi connectivity index (χ1) is 18.2. The minimum atomic E-state index is -3.80. The number of amides is 1. The maximum Gasteiger partial charge on any atom is 0.261 e. The van der Waals surface area contributed by atoms with Gasteiger partial charge in [0.15, 0.2) is 5.13 Å². The van der Waals surface area contributed by atoms with E-state index in [4.69, 9.17) is 0 Å². The number of rotatable bonds is 10. The topological polar surface area (TPSA) is 85.8 Å². The number of benzene rings is 2. The average molecular weight is 556 g/mol. The van der Waals surface area contributed by atoms with Gasteiger partial charge in [-0.3, -0.25) is 14.4 Å². The van der Waals surface area contributed by atoms with Crippen LogP contribution in [-0.2, 0) is 21.2 Å². The normalized spacial score (nSPS) is 14.5. The second-order valence-electron chi connectivity index (χ2n) is 9.82. The number of nitrogens with zero attached hydrogens (tertiary/aromatic N) is 4. The van der Waals surface area contributed by atoms with Crippen molar-refractivity contribution in [1.82, 2.24) is 9.88 Å². The Morgan fingerprint density at radius 2 is 1.79 bits per heavy atom. The predicted octanol–water partition coefficient (Wildman–Crippen LogP) is 5.08. The summed E-state index contributed by atoms with van der Waals surface area (Å²) in [5.41, 5.74) is 3.99. The monoisotopic (exact) mass is 555 g/mol. The highest BCUT2D eigenvalue weighted by Crippen LogP contribution is 2.35. The summed E-state index contributed by atoms with van der Waals surface area (Å²) in [6.45, 7) is 7.09. The third-order valence-corrected chi connectivity index (χ3v) is 9.23. The lowest BCUT2D eigenvalue weighted by molar-refractivity contribution is -0.116. The van der Waals surface area contributed by atoms with E-state index in [1.807, 2.05) is 35.7 Å². The molecule has 1 N–H and O–H groups in total. The summed E-state index contributed by atoms with van der Waals surface area (Å²) in [4.78, 5) is 22.6. The van der Waals surface area contributed by atoms with Crippen LogP contribution in [0.1, 0.15) is 38.7 Å². The van der Waals surface area contributed by atoms with Crippen LogP contribution >= 0.6 is 11.3 Å². The number of thiazole rings is 1. The number of likely N-dealkylation sites (N-methyl/N-ethyl adjacent to an activating group) is 1. The molecule has 204 valence electrons. The van der Waals surface area contributed by atoms with Crippen LogP contribution in [0.4, 0.5) is 16.5 Å². The summed E-state index contributed by atoms with van der Waals surface area (Å²) in [6.07, 6.45) is 4.37. The van der Waals surface area contributed by atoms with Gasteiger partial charge in [-0.05, 0) is 49.7 Å². The van der Waals surface area contributed by atoms with Gasteiger partial charge in [0.05, 0.1) is 22.0 Å². The first-order valence-electron chi connectivity index (χ1n) is 13.1. The molecule has 10 heteroatoms. The van der Waals surface area contributed by atoms with Gasteiger partial charge in [-0.2, -0.15) is 0 Å². The van der Waals surface area contributed by atoms with Crippen molar-refractivity contribution < 1.29 is 13.2 Å². The Morgan fingerprint density at radius 3 is 2.45 bits per heavy atom. The van der Waals surface area contributed by atoms with Crippen LogP contribution in [0.5, 0.6) is 0 Å². The maximum absolute atomic E-state index is 13.5. The lowest BCUT2D eigenvalue weighted by atomic mass is 10.1. The summed E-state index contributed by atoms with van der Waals surface area (Å²) >= 11 is 1.38. The standard InChI is InChI=1S/C28H37N5O3S2/c1-5-6-7-8-22-9-12-24(13-10-22)38(35,36)30-25-19-23(26-20-37-28(29-26)32(4)21(2)34)11-14-27(25)33-17-15-31(3)16-18-33/h9-14,19-20,30H,5-8,15-18H2,1-4H3. The molecule has 0 bridgehead atoms. The van der Waals surface area contributed by atoms with Gasteiger partial charge < -0.3 is 9.80 Å². The lowest BCUT2D eigenvalue weighted by Gasteiger charge is -2.35. The third kappa shape index (κ3) is 6.73. The van der Waals surface area contributed by atoms with Crippen molar-refractivity contribution in [3.63, 3.8) is 0 Å². The predicted molar refractivity (Wildman–Crippen MR) is 157 cm³/mol. The molecule has 2 aromatic carbocycles. The van der Waals surface area contributed by atoms with Crippen molar-refractivity contribution in [3.05, 3.63) is 53.4 Å². The van der Waals surface area contributed by atoms with E-state index in [0.717, 1.165) is 62.3 Å². The number of sulfonamides is 1.